The minimum Gasteiger partial charge on any atom is -0.481 e. The van der Waals surface area contributed by atoms with Gasteiger partial charge in [0, 0.05) is 6.92 Å². The number of carboxylic acids is 1. The summed E-state index contributed by atoms with van der Waals surface area (Å²) in [6, 6.07) is 12.1. The van der Waals surface area contributed by atoms with Crippen LogP contribution in [0, 0.1) is 0 Å². The van der Waals surface area contributed by atoms with Crippen molar-refractivity contribution in [1.29, 1.82) is 0 Å². The number of ether oxygens (including phenoxy) is 1. The van der Waals surface area contributed by atoms with E-state index in [1.807, 2.05) is 19.1 Å². The van der Waals surface area contributed by atoms with E-state index in [0.717, 1.165) is 61.7 Å². The number of halogens is 4. The molecule has 0 aliphatic rings. The Kier molecular flexibility index (Phi) is 9.66. The molecule has 0 amide bonds. The van der Waals surface area contributed by atoms with Crippen LogP contribution in [0.5, 0.6) is 11.5 Å². The first-order chi connectivity index (χ1) is 15.6. The zero-order valence-electron chi connectivity index (χ0n) is 18.2. The standard InChI is InChI=1S/C22H20ClF3N2O.C2H4O2/c1-2-19-21(23)20(28-14-27-19)5-3-4-15-6-10-17(11-7-15)29-18-12-8-16(9-13-18)22(24,25)26;1-2(3)4/h6-14H,2-5H2,1H3;1H3,(H,3,4). The quantitative estimate of drug-likeness (QED) is 0.404. The van der Waals surface area contributed by atoms with E-state index in [1.54, 1.807) is 18.5 Å². The maximum absolute atomic E-state index is 12.6. The summed E-state index contributed by atoms with van der Waals surface area (Å²) in [7, 11) is 0. The van der Waals surface area contributed by atoms with Gasteiger partial charge in [-0.25, -0.2) is 9.97 Å². The maximum atomic E-state index is 12.6. The van der Waals surface area contributed by atoms with Gasteiger partial charge in [-0.05, 0) is 67.6 Å². The summed E-state index contributed by atoms with van der Waals surface area (Å²) in [6.45, 7) is 3.09. The third kappa shape index (κ3) is 8.73. The number of aliphatic carboxylic acids is 1. The first kappa shape index (κ1) is 26.1. The first-order valence-electron chi connectivity index (χ1n) is 10.2. The number of alkyl halides is 3. The Balaban J connectivity index is 0.000000890. The van der Waals surface area contributed by atoms with Crippen molar-refractivity contribution in [3.05, 3.63) is 82.4 Å². The fourth-order valence-electron chi connectivity index (χ4n) is 2.90. The van der Waals surface area contributed by atoms with Crippen molar-refractivity contribution in [2.45, 2.75) is 45.7 Å². The summed E-state index contributed by atoms with van der Waals surface area (Å²) in [6.07, 6.45) is 0.468. The molecule has 5 nitrogen and oxygen atoms in total. The number of carbonyl (C=O) groups is 1. The van der Waals surface area contributed by atoms with Gasteiger partial charge in [0.2, 0.25) is 0 Å². The van der Waals surface area contributed by atoms with Gasteiger partial charge < -0.3 is 9.84 Å². The van der Waals surface area contributed by atoms with E-state index in [2.05, 4.69) is 9.97 Å². The van der Waals surface area contributed by atoms with E-state index in [-0.39, 0.29) is 0 Å². The van der Waals surface area contributed by atoms with E-state index in [4.69, 9.17) is 26.2 Å². The van der Waals surface area contributed by atoms with Crippen LogP contribution in [0.15, 0.2) is 54.9 Å². The Morgan fingerprint density at radius 1 is 0.970 bits per heavy atom. The van der Waals surface area contributed by atoms with E-state index >= 15 is 0 Å². The third-order valence-electron chi connectivity index (χ3n) is 4.49. The predicted octanol–water partition coefficient (Wildman–Crippen LogP) is 6.77. The Bertz CT molecular complexity index is 1040. The SMILES string of the molecule is CC(=O)O.CCc1ncnc(CCCc2ccc(Oc3ccc(C(F)(F)F)cc3)cc2)c1Cl. The maximum Gasteiger partial charge on any atom is 0.416 e. The lowest BCUT2D eigenvalue weighted by molar-refractivity contribution is -0.137. The molecule has 3 aromatic rings. The van der Waals surface area contributed by atoms with Gasteiger partial charge in [0.1, 0.15) is 17.8 Å². The molecule has 176 valence electrons. The highest BCUT2D eigenvalue weighted by Crippen LogP contribution is 2.31. The minimum absolute atomic E-state index is 0.357. The predicted molar refractivity (Wildman–Crippen MR) is 120 cm³/mol. The van der Waals surface area contributed by atoms with Crippen LogP contribution in [0.25, 0.3) is 0 Å². The lowest BCUT2D eigenvalue weighted by atomic mass is 10.1. The molecule has 33 heavy (non-hydrogen) atoms. The molecule has 0 aliphatic heterocycles. The molecule has 0 aliphatic carbocycles. The highest BCUT2D eigenvalue weighted by Gasteiger charge is 2.30. The fourth-order valence-corrected chi connectivity index (χ4v) is 3.23. The molecule has 0 saturated carbocycles. The molecule has 0 fully saturated rings. The zero-order chi connectivity index (χ0) is 24.4. The van der Waals surface area contributed by atoms with Crippen molar-refractivity contribution in [3.63, 3.8) is 0 Å². The zero-order valence-corrected chi connectivity index (χ0v) is 19.0. The van der Waals surface area contributed by atoms with Gasteiger partial charge in [0.25, 0.3) is 5.97 Å². The monoisotopic (exact) mass is 480 g/mol. The van der Waals surface area contributed by atoms with Gasteiger partial charge in [0.15, 0.2) is 0 Å². The van der Waals surface area contributed by atoms with Crippen LogP contribution in [-0.4, -0.2) is 21.0 Å². The van der Waals surface area contributed by atoms with E-state index in [0.29, 0.717) is 16.5 Å². The van der Waals surface area contributed by atoms with Crippen molar-refractivity contribution >= 4 is 17.6 Å². The van der Waals surface area contributed by atoms with Gasteiger partial charge in [0.05, 0.1) is 22.0 Å². The molecule has 0 atom stereocenters. The van der Waals surface area contributed by atoms with Crippen molar-refractivity contribution in [2.75, 3.05) is 0 Å². The smallest absolute Gasteiger partial charge is 0.416 e. The van der Waals surface area contributed by atoms with Crippen molar-refractivity contribution in [1.82, 2.24) is 9.97 Å². The van der Waals surface area contributed by atoms with E-state index in [9.17, 15) is 13.2 Å². The highest BCUT2D eigenvalue weighted by molar-refractivity contribution is 6.31. The number of aryl methyl sites for hydroxylation is 3. The summed E-state index contributed by atoms with van der Waals surface area (Å²) < 4.78 is 43.4. The molecule has 0 radical (unpaired) electrons. The number of hydrogen-bond acceptors (Lipinski definition) is 4. The second-order valence-corrected chi connectivity index (χ2v) is 7.45. The molecule has 0 spiro atoms. The third-order valence-corrected chi connectivity index (χ3v) is 4.92. The molecule has 3 rings (SSSR count). The first-order valence-corrected chi connectivity index (χ1v) is 10.6. The molecule has 2 aromatic carbocycles. The summed E-state index contributed by atoms with van der Waals surface area (Å²) in [5.74, 6) is 0.0934. The minimum atomic E-state index is -4.35. The van der Waals surface area contributed by atoms with Crippen LogP contribution < -0.4 is 4.74 Å². The summed E-state index contributed by atoms with van der Waals surface area (Å²) in [4.78, 5) is 17.4. The van der Waals surface area contributed by atoms with Gasteiger partial charge in [-0.15, -0.1) is 0 Å². The molecule has 1 N–H and O–H groups in total. The van der Waals surface area contributed by atoms with Crippen LogP contribution in [0.2, 0.25) is 5.02 Å². The van der Waals surface area contributed by atoms with Gasteiger partial charge in [-0.2, -0.15) is 13.2 Å². The molecule has 0 unspecified atom stereocenters. The van der Waals surface area contributed by atoms with Gasteiger partial charge in [-0.3, -0.25) is 4.79 Å². The fraction of sp³-hybridized carbons (Fsp3) is 0.292. The van der Waals surface area contributed by atoms with Crippen molar-refractivity contribution in [3.8, 4) is 11.5 Å². The Morgan fingerprint density at radius 3 is 2.00 bits per heavy atom. The highest BCUT2D eigenvalue weighted by atomic mass is 35.5. The van der Waals surface area contributed by atoms with Gasteiger partial charge >= 0.3 is 6.18 Å². The number of aromatic nitrogens is 2. The number of hydrogen-bond donors (Lipinski definition) is 1. The molecule has 1 aromatic heterocycles. The summed E-state index contributed by atoms with van der Waals surface area (Å²) in [5, 5.41) is 8.07. The largest absolute Gasteiger partial charge is 0.481 e. The summed E-state index contributed by atoms with van der Waals surface area (Å²) in [5.41, 5.74) is 2.16. The lowest BCUT2D eigenvalue weighted by Crippen LogP contribution is -2.03. The normalized spacial score (nSPS) is 10.8. The lowest BCUT2D eigenvalue weighted by Gasteiger charge is -2.10. The summed E-state index contributed by atoms with van der Waals surface area (Å²) >= 11 is 6.32. The van der Waals surface area contributed by atoms with Crippen LogP contribution >= 0.6 is 11.6 Å². The topological polar surface area (TPSA) is 72.3 Å². The Labute approximate surface area is 195 Å². The Hall–Kier alpha value is -3.13. The van der Waals surface area contributed by atoms with Crippen LogP contribution in [-0.2, 0) is 30.2 Å². The molecular weight excluding hydrogens is 457 g/mol. The van der Waals surface area contributed by atoms with Crippen molar-refractivity contribution < 1.29 is 27.8 Å². The molecular formula is C24H24ClF3N2O3. The van der Waals surface area contributed by atoms with Crippen LogP contribution in [0.3, 0.4) is 0 Å². The molecule has 9 heteroatoms. The Morgan fingerprint density at radius 2 is 1.48 bits per heavy atom. The van der Waals surface area contributed by atoms with E-state index < -0.39 is 17.7 Å². The number of rotatable bonds is 7. The molecule has 0 bridgehead atoms. The number of carboxylic acid groups (broad SMARTS) is 1. The van der Waals surface area contributed by atoms with Crippen LogP contribution in [0.1, 0.15) is 42.8 Å². The average molecular weight is 481 g/mol. The second kappa shape index (κ2) is 12.2. The van der Waals surface area contributed by atoms with Crippen molar-refractivity contribution in [2.24, 2.45) is 0 Å². The molecule has 1 heterocycles. The number of nitrogens with zero attached hydrogens (tertiary/aromatic N) is 2. The van der Waals surface area contributed by atoms with E-state index in [1.165, 1.54) is 12.1 Å². The second-order valence-electron chi connectivity index (χ2n) is 7.08. The average Bonchev–Trinajstić information content (AvgIpc) is 2.75. The van der Waals surface area contributed by atoms with Crippen LogP contribution in [0.4, 0.5) is 13.2 Å². The molecule has 0 saturated heterocycles. The van der Waals surface area contributed by atoms with Gasteiger partial charge in [-0.1, -0.05) is 30.7 Å². The number of benzene rings is 2.